The maximum Gasteiger partial charge on any atom is 0.414 e. The van der Waals surface area contributed by atoms with Crippen molar-refractivity contribution < 1.29 is 28.8 Å². The molecule has 176 valence electrons. The average molecular weight is 454 g/mol. The summed E-state index contributed by atoms with van der Waals surface area (Å²) in [5.41, 5.74) is 2.88. The Labute approximate surface area is 194 Å². The van der Waals surface area contributed by atoms with Crippen LogP contribution in [-0.4, -0.2) is 43.3 Å². The lowest BCUT2D eigenvalue weighted by molar-refractivity contribution is -0.188. The molecule has 0 fully saturated rings. The molecule has 7 nitrogen and oxygen atoms in total. The normalized spacial score (nSPS) is 13.7. The van der Waals surface area contributed by atoms with Crippen LogP contribution in [-0.2, 0) is 22.7 Å². The van der Waals surface area contributed by atoms with Crippen molar-refractivity contribution in [2.24, 2.45) is 0 Å². The number of ether oxygens (including phenoxy) is 4. The average Bonchev–Trinajstić information content (AvgIpc) is 2.87. The summed E-state index contributed by atoms with van der Waals surface area (Å²) in [6.07, 6.45) is 6.65. The molecule has 0 heterocycles. The van der Waals surface area contributed by atoms with E-state index in [4.69, 9.17) is 18.9 Å². The molecule has 1 aliphatic carbocycles. The monoisotopic (exact) mass is 453 g/mol. The number of aliphatic hydroxyl groups is 1. The third-order valence-electron chi connectivity index (χ3n) is 5.35. The standard InChI is InChI=1S/C26H31NO6/c1-30-23-12-8-21(9-13-23)18-32-25(28)27(17-16-20-6-4-3-5-7-20)26(29)33-19-22-10-14-24(31-2)15-11-22/h3-4,6,8-15,25,28H,5,7,16-19H2,1-2H3. The predicted molar refractivity (Wildman–Crippen MR) is 125 cm³/mol. The molecule has 1 aliphatic rings. The molecule has 2 aromatic carbocycles. The Balaban J connectivity index is 1.60. The Hall–Kier alpha value is -3.29. The molecule has 1 N–H and O–H groups in total. The Morgan fingerprint density at radius 3 is 2.12 bits per heavy atom. The summed E-state index contributed by atoms with van der Waals surface area (Å²) in [7, 11) is 3.19. The van der Waals surface area contributed by atoms with E-state index in [2.05, 4.69) is 12.2 Å². The SMILES string of the molecule is COc1ccc(COC(=O)N(CCC2=CC=CCC2)C(O)OCc2ccc(OC)cc2)cc1. The van der Waals surface area contributed by atoms with Crippen molar-refractivity contribution in [3.63, 3.8) is 0 Å². The van der Waals surface area contributed by atoms with Gasteiger partial charge in [0.25, 0.3) is 0 Å². The molecule has 33 heavy (non-hydrogen) atoms. The first-order valence-electron chi connectivity index (χ1n) is 10.9. The van der Waals surface area contributed by atoms with E-state index in [1.165, 1.54) is 10.5 Å². The van der Waals surface area contributed by atoms with Gasteiger partial charge in [-0.05, 0) is 54.7 Å². The fraction of sp³-hybridized carbons (Fsp3) is 0.346. The van der Waals surface area contributed by atoms with Crippen LogP contribution in [0.3, 0.4) is 0 Å². The lowest BCUT2D eigenvalue weighted by atomic mass is 10.0. The van der Waals surface area contributed by atoms with E-state index in [0.29, 0.717) is 6.42 Å². The Kier molecular flexibility index (Phi) is 9.35. The molecule has 0 aliphatic heterocycles. The highest BCUT2D eigenvalue weighted by Crippen LogP contribution is 2.19. The molecule has 7 heteroatoms. The van der Waals surface area contributed by atoms with Crippen molar-refractivity contribution in [3.8, 4) is 11.5 Å². The van der Waals surface area contributed by atoms with Gasteiger partial charge in [0.15, 0.2) is 0 Å². The van der Waals surface area contributed by atoms with Crippen LogP contribution in [0.2, 0.25) is 0 Å². The molecule has 0 bridgehead atoms. The van der Waals surface area contributed by atoms with Crippen LogP contribution in [0.1, 0.15) is 30.4 Å². The van der Waals surface area contributed by atoms with Gasteiger partial charge in [-0.25, -0.2) is 4.79 Å². The van der Waals surface area contributed by atoms with Crippen LogP contribution in [0.15, 0.2) is 72.3 Å². The highest BCUT2D eigenvalue weighted by Gasteiger charge is 2.24. The van der Waals surface area contributed by atoms with E-state index in [1.807, 2.05) is 42.5 Å². The number of allylic oxidation sites excluding steroid dienone is 3. The predicted octanol–water partition coefficient (Wildman–Crippen LogP) is 4.80. The molecular weight excluding hydrogens is 422 g/mol. The first-order valence-corrected chi connectivity index (χ1v) is 10.9. The molecule has 2 aromatic rings. The van der Waals surface area contributed by atoms with Gasteiger partial charge >= 0.3 is 6.09 Å². The zero-order valence-electron chi connectivity index (χ0n) is 19.1. The highest BCUT2D eigenvalue weighted by atomic mass is 16.6. The van der Waals surface area contributed by atoms with E-state index in [-0.39, 0.29) is 19.8 Å². The first-order chi connectivity index (χ1) is 16.1. The molecule has 0 aromatic heterocycles. The number of aliphatic hydroxyl groups excluding tert-OH is 1. The van der Waals surface area contributed by atoms with Gasteiger partial charge < -0.3 is 24.1 Å². The molecule has 0 saturated heterocycles. The Bertz CT molecular complexity index is 936. The minimum absolute atomic E-state index is 0.0793. The minimum atomic E-state index is -1.43. The second-order valence-electron chi connectivity index (χ2n) is 7.62. The maximum atomic E-state index is 12.8. The van der Waals surface area contributed by atoms with E-state index < -0.39 is 12.5 Å². The zero-order chi connectivity index (χ0) is 23.5. The van der Waals surface area contributed by atoms with Gasteiger partial charge in [-0.1, -0.05) is 48.1 Å². The van der Waals surface area contributed by atoms with Crippen molar-refractivity contribution in [2.45, 2.75) is 38.9 Å². The summed E-state index contributed by atoms with van der Waals surface area (Å²) in [6.45, 7) is 0.500. The number of nitrogens with zero attached hydrogens (tertiary/aromatic N) is 1. The van der Waals surface area contributed by atoms with Gasteiger partial charge in [-0.15, -0.1) is 0 Å². The largest absolute Gasteiger partial charge is 0.497 e. The smallest absolute Gasteiger partial charge is 0.414 e. The van der Waals surface area contributed by atoms with Crippen molar-refractivity contribution in [1.82, 2.24) is 4.90 Å². The van der Waals surface area contributed by atoms with Gasteiger partial charge in [-0.3, -0.25) is 4.90 Å². The number of hydrogen-bond donors (Lipinski definition) is 1. The highest BCUT2D eigenvalue weighted by molar-refractivity contribution is 5.67. The molecule has 0 radical (unpaired) electrons. The van der Waals surface area contributed by atoms with Gasteiger partial charge in [0, 0.05) is 6.54 Å². The molecule has 3 rings (SSSR count). The number of methoxy groups -OCH3 is 2. The van der Waals surface area contributed by atoms with Crippen molar-refractivity contribution in [1.29, 1.82) is 0 Å². The minimum Gasteiger partial charge on any atom is -0.497 e. The molecule has 1 amide bonds. The maximum absolute atomic E-state index is 12.8. The third kappa shape index (κ3) is 7.66. The van der Waals surface area contributed by atoms with Crippen LogP contribution in [0.5, 0.6) is 11.5 Å². The molecule has 1 atom stereocenters. The summed E-state index contributed by atoms with van der Waals surface area (Å²) in [4.78, 5) is 14.1. The Morgan fingerprint density at radius 1 is 0.970 bits per heavy atom. The second-order valence-corrected chi connectivity index (χ2v) is 7.62. The van der Waals surface area contributed by atoms with Gasteiger partial charge in [0.1, 0.15) is 18.1 Å². The van der Waals surface area contributed by atoms with Crippen LogP contribution < -0.4 is 9.47 Å². The van der Waals surface area contributed by atoms with Gasteiger partial charge in [-0.2, -0.15) is 0 Å². The lowest BCUT2D eigenvalue weighted by Gasteiger charge is -2.27. The van der Waals surface area contributed by atoms with E-state index >= 15 is 0 Å². The van der Waals surface area contributed by atoms with Crippen molar-refractivity contribution >= 4 is 6.09 Å². The number of carbonyl (C=O) groups is 1. The lowest BCUT2D eigenvalue weighted by Crippen LogP contribution is -2.43. The van der Waals surface area contributed by atoms with E-state index in [1.54, 1.807) is 26.4 Å². The van der Waals surface area contributed by atoms with Crippen molar-refractivity contribution in [3.05, 3.63) is 83.5 Å². The molecule has 0 spiro atoms. The molecule has 0 saturated carbocycles. The van der Waals surface area contributed by atoms with Crippen LogP contribution in [0.25, 0.3) is 0 Å². The third-order valence-corrected chi connectivity index (χ3v) is 5.35. The van der Waals surface area contributed by atoms with Crippen LogP contribution in [0, 0.1) is 0 Å². The van der Waals surface area contributed by atoms with E-state index in [9.17, 15) is 9.90 Å². The summed E-state index contributed by atoms with van der Waals surface area (Å²) in [5, 5.41) is 10.7. The second kappa shape index (κ2) is 12.7. The van der Waals surface area contributed by atoms with Crippen molar-refractivity contribution in [2.75, 3.05) is 20.8 Å². The summed E-state index contributed by atoms with van der Waals surface area (Å²) in [5.74, 6) is 1.46. The summed E-state index contributed by atoms with van der Waals surface area (Å²) >= 11 is 0. The Morgan fingerprint density at radius 2 is 1.58 bits per heavy atom. The quantitative estimate of drug-likeness (QED) is 0.493. The molecule has 1 unspecified atom stereocenters. The fourth-order valence-electron chi connectivity index (χ4n) is 3.35. The number of hydrogen-bond acceptors (Lipinski definition) is 6. The first kappa shape index (κ1) is 24.4. The van der Waals surface area contributed by atoms with E-state index in [0.717, 1.165) is 35.5 Å². The fourth-order valence-corrected chi connectivity index (χ4v) is 3.35. The summed E-state index contributed by atoms with van der Waals surface area (Å²) in [6, 6.07) is 14.6. The zero-order valence-corrected chi connectivity index (χ0v) is 19.1. The summed E-state index contributed by atoms with van der Waals surface area (Å²) < 4.78 is 21.4. The topological polar surface area (TPSA) is 77.5 Å². The number of carbonyl (C=O) groups excluding carboxylic acids is 1. The number of rotatable bonds is 11. The van der Waals surface area contributed by atoms with Gasteiger partial charge in [0.2, 0.25) is 6.41 Å². The van der Waals surface area contributed by atoms with Crippen LogP contribution in [0.4, 0.5) is 4.79 Å². The number of amides is 1. The van der Waals surface area contributed by atoms with Crippen LogP contribution >= 0.6 is 0 Å². The van der Waals surface area contributed by atoms with Gasteiger partial charge in [0.05, 0.1) is 20.8 Å². The number of benzene rings is 2. The molecular formula is C26H31NO6.